The van der Waals surface area contributed by atoms with Crippen LogP contribution in [0.25, 0.3) is 0 Å². The van der Waals surface area contributed by atoms with Crippen molar-refractivity contribution < 1.29 is 14.3 Å². The van der Waals surface area contributed by atoms with E-state index in [1.54, 1.807) is 0 Å². The van der Waals surface area contributed by atoms with Crippen molar-refractivity contribution in [2.45, 2.75) is 32.1 Å². The van der Waals surface area contributed by atoms with Gasteiger partial charge in [-0.05, 0) is 12.8 Å². The fourth-order valence-corrected chi connectivity index (χ4v) is 1.30. The van der Waals surface area contributed by atoms with Crippen molar-refractivity contribution in [1.82, 2.24) is 4.98 Å². The number of aromatic carboxylic acids is 1. The van der Waals surface area contributed by atoms with Crippen LogP contribution < -0.4 is 0 Å². The van der Waals surface area contributed by atoms with E-state index < -0.39 is 5.97 Å². The summed E-state index contributed by atoms with van der Waals surface area (Å²) in [6.45, 7) is 1.90. The minimum Gasteiger partial charge on any atom is -0.476 e. The summed E-state index contributed by atoms with van der Waals surface area (Å²) in [6, 6.07) is 0. The van der Waals surface area contributed by atoms with Gasteiger partial charge in [0.05, 0.1) is 0 Å². The van der Waals surface area contributed by atoms with Crippen LogP contribution in [-0.4, -0.2) is 16.1 Å². The first-order chi connectivity index (χ1) is 6.22. The van der Waals surface area contributed by atoms with E-state index in [-0.39, 0.29) is 5.69 Å². The van der Waals surface area contributed by atoms with Gasteiger partial charge in [0, 0.05) is 12.3 Å². The molecule has 0 aromatic carbocycles. The molecule has 13 heavy (non-hydrogen) atoms. The molecule has 1 fully saturated rings. The average molecular weight is 181 g/mol. The molecule has 0 aliphatic heterocycles. The molecule has 2 rings (SSSR count). The molecule has 0 unspecified atom stereocenters. The van der Waals surface area contributed by atoms with E-state index in [4.69, 9.17) is 9.52 Å². The molecule has 0 atom stereocenters. The maximum Gasteiger partial charge on any atom is 0.358 e. The zero-order valence-corrected chi connectivity index (χ0v) is 7.41. The molecule has 0 bridgehead atoms. The van der Waals surface area contributed by atoms with Crippen molar-refractivity contribution in [3.63, 3.8) is 0 Å². The molecule has 0 saturated heterocycles. The van der Waals surface area contributed by atoms with E-state index in [1.165, 1.54) is 0 Å². The number of hydrogen-bond donors (Lipinski definition) is 1. The number of aromatic nitrogens is 1. The fourth-order valence-electron chi connectivity index (χ4n) is 1.30. The lowest BCUT2D eigenvalue weighted by Crippen LogP contribution is -2.00. The molecule has 0 spiro atoms. The number of carboxylic acids is 1. The topological polar surface area (TPSA) is 63.3 Å². The number of hydrogen-bond acceptors (Lipinski definition) is 3. The minimum atomic E-state index is -0.981. The zero-order valence-electron chi connectivity index (χ0n) is 7.41. The number of rotatable bonds is 3. The molecule has 0 amide bonds. The van der Waals surface area contributed by atoms with Crippen molar-refractivity contribution >= 4 is 5.97 Å². The van der Waals surface area contributed by atoms with Gasteiger partial charge in [-0.3, -0.25) is 0 Å². The van der Waals surface area contributed by atoms with Gasteiger partial charge in [-0.2, -0.15) is 0 Å². The second-order valence-corrected chi connectivity index (χ2v) is 3.25. The van der Waals surface area contributed by atoms with Gasteiger partial charge in [-0.1, -0.05) is 6.92 Å². The van der Waals surface area contributed by atoms with Crippen LogP contribution in [0.15, 0.2) is 4.42 Å². The van der Waals surface area contributed by atoms with Crippen molar-refractivity contribution in [1.29, 1.82) is 0 Å². The average Bonchev–Trinajstić information content (AvgIpc) is 2.84. The highest BCUT2D eigenvalue weighted by atomic mass is 16.4. The van der Waals surface area contributed by atoms with E-state index in [0.717, 1.165) is 12.8 Å². The van der Waals surface area contributed by atoms with Crippen LogP contribution in [0.5, 0.6) is 0 Å². The third kappa shape index (κ3) is 1.43. The lowest BCUT2D eigenvalue weighted by molar-refractivity contribution is 0.0688. The smallest absolute Gasteiger partial charge is 0.358 e. The van der Waals surface area contributed by atoms with Gasteiger partial charge in [0.25, 0.3) is 0 Å². The second-order valence-electron chi connectivity index (χ2n) is 3.25. The van der Waals surface area contributed by atoms with Crippen molar-refractivity contribution in [2.75, 3.05) is 0 Å². The van der Waals surface area contributed by atoms with Crippen LogP contribution in [0.2, 0.25) is 0 Å². The van der Waals surface area contributed by atoms with Crippen LogP contribution in [0.4, 0.5) is 0 Å². The molecule has 1 N–H and O–H groups in total. The molecule has 1 saturated carbocycles. The quantitative estimate of drug-likeness (QED) is 0.772. The Bertz CT molecular complexity index is 339. The van der Waals surface area contributed by atoms with Gasteiger partial charge in [0.1, 0.15) is 5.76 Å². The van der Waals surface area contributed by atoms with Crippen molar-refractivity contribution in [3.8, 4) is 0 Å². The summed E-state index contributed by atoms with van der Waals surface area (Å²) in [4.78, 5) is 14.7. The summed E-state index contributed by atoms with van der Waals surface area (Å²) >= 11 is 0. The largest absolute Gasteiger partial charge is 0.476 e. The van der Waals surface area contributed by atoms with E-state index >= 15 is 0 Å². The summed E-state index contributed by atoms with van der Waals surface area (Å²) in [5.41, 5.74) is 0.111. The Balaban J connectivity index is 2.39. The first-order valence-corrected chi connectivity index (χ1v) is 4.45. The minimum absolute atomic E-state index is 0.111. The van der Waals surface area contributed by atoms with Gasteiger partial charge in [-0.25, -0.2) is 9.78 Å². The van der Waals surface area contributed by atoms with Gasteiger partial charge >= 0.3 is 5.97 Å². The fraction of sp³-hybridized carbons (Fsp3) is 0.556. The number of oxazole rings is 1. The molecule has 1 aromatic heterocycles. The Kier molecular flexibility index (Phi) is 1.83. The first kappa shape index (κ1) is 8.29. The third-order valence-corrected chi connectivity index (χ3v) is 2.15. The third-order valence-electron chi connectivity index (χ3n) is 2.15. The molecule has 4 heteroatoms. The predicted molar refractivity (Wildman–Crippen MR) is 44.8 cm³/mol. The highest BCUT2D eigenvalue weighted by Gasteiger charge is 2.33. The van der Waals surface area contributed by atoms with Gasteiger partial charge in [0.2, 0.25) is 0 Å². The van der Waals surface area contributed by atoms with Crippen LogP contribution in [-0.2, 0) is 6.42 Å². The van der Waals surface area contributed by atoms with E-state index in [1.807, 2.05) is 6.92 Å². The summed E-state index contributed by atoms with van der Waals surface area (Å²) in [7, 11) is 0. The molecule has 1 heterocycles. The maximum absolute atomic E-state index is 10.8. The maximum atomic E-state index is 10.8. The highest BCUT2D eigenvalue weighted by Crippen LogP contribution is 2.42. The monoisotopic (exact) mass is 181 g/mol. The molecule has 1 aliphatic rings. The Morgan fingerprint density at radius 3 is 2.85 bits per heavy atom. The van der Waals surface area contributed by atoms with E-state index in [9.17, 15) is 4.79 Å². The molecular weight excluding hydrogens is 170 g/mol. The van der Waals surface area contributed by atoms with E-state index in [0.29, 0.717) is 24.0 Å². The molecule has 70 valence electrons. The summed E-state index contributed by atoms with van der Waals surface area (Å²) < 4.78 is 5.36. The van der Waals surface area contributed by atoms with Gasteiger partial charge in [-0.15, -0.1) is 0 Å². The lowest BCUT2D eigenvalue weighted by atomic mass is 10.2. The van der Waals surface area contributed by atoms with Crippen LogP contribution in [0.1, 0.15) is 47.8 Å². The van der Waals surface area contributed by atoms with Crippen LogP contribution in [0, 0.1) is 0 Å². The van der Waals surface area contributed by atoms with E-state index in [2.05, 4.69) is 4.98 Å². The Hall–Kier alpha value is -1.32. The van der Waals surface area contributed by atoms with Gasteiger partial charge in [0.15, 0.2) is 11.6 Å². The highest BCUT2D eigenvalue weighted by molar-refractivity contribution is 5.86. The summed E-state index contributed by atoms with van der Waals surface area (Å²) in [6.07, 6.45) is 2.70. The SMILES string of the molecule is CCc1nc(C(=O)O)c(C2CC2)o1. The number of carboxylic acid groups (broad SMARTS) is 1. The first-order valence-electron chi connectivity index (χ1n) is 4.45. The summed E-state index contributed by atoms with van der Waals surface area (Å²) in [5, 5.41) is 8.83. The molecular formula is C9H11NO3. The second kappa shape index (κ2) is 2.87. The molecule has 0 radical (unpaired) electrons. The standard InChI is InChI=1S/C9H11NO3/c1-2-6-10-7(9(11)12)8(13-6)5-3-4-5/h5H,2-4H2,1H3,(H,11,12). The molecule has 1 aliphatic carbocycles. The Morgan fingerprint density at radius 1 is 1.69 bits per heavy atom. The van der Waals surface area contributed by atoms with Gasteiger partial charge < -0.3 is 9.52 Å². The Morgan fingerprint density at radius 2 is 2.38 bits per heavy atom. The van der Waals surface area contributed by atoms with Crippen LogP contribution in [0.3, 0.4) is 0 Å². The number of aryl methyl sites for hydroxylation is 1. The molecule has 4 nitrogen and oxygen atoms in total. The van der Waals surface area contributed by atoms with Crippen LogP contribution >= 0.6 is 0 Å². The normalized spacial score (nSPS) is 16.1. The number of nitrogens with zero attached hydrogens (tertiary/aromatic N) is 1. The Labute approximate surface area is 75.6 Å². The zero-order chi connectivity index (χ0) is 9.42. The number of carbonyl (C=O) groups is 1. The predicted octanol–water partition coefficient (Wildman–Crippen LogP) is 1.81. The van der Waals surface area contributed by atoms with Crippen molar-refractivity contribution in [2.24, 2.45) is 0 Å². The van der Waals surface area contributed by atoms with Crippen molar-refractivity contribution in [3.05, 3.63) is 17.3 Å². The lowest BCUT2D eigenvalue weighted by Gasteiger charge is -1.90. The molecule has 1 aromatic rings. The summed E-state index contributed by atoms with van der Waals surface area (Å²) in [5.74, 6) is 0.424.